The molecule has 3 N–H and O–H groups in total. The Bertz CT molecular complexity index is 1030. The van der Waals surface area contributed by atoms with Crippen LogP contribution < -0.4 is 11.1 Å². The number of aryl methyl sites for hydroxylation is 1. The van der Waals surface area contributed by atoms with Gasteiger partial charge in [0.05, 0.1) is 28.3 Å². The fourth-order valence-corrected chi connectivity index (χ4v) is 2.75. The Hall–Kier alpha value is -3.68. The van der Waals surface area contributed by atoms with Gasteiger partial charge in [-0.2, -0.15) is 5.10 Å². The molecular formula is C20H19FN4O3. The zero-order valence-electron chi connectivity index (χ0n) is 15.4. The van der Waals surface area contributed by atoms with Crippen LogP contribution in [0.25, 0.3) is 5.69 Å². The number of hydrogen-bond donors (Lipinski definition) is 2. The summed E-state index contributed by atoms with van der Waals surface area (Å²) in [6.07, 6.45) is 0. The summed E-state index contributed by atoms with van der Waals surface area (Å²) < 4.78 is 19.8. The van der Waals surface area contributed by atoms with Crippen LogP contribution in [0.1, 0.15) is 21.7 Å². The molecular weight excluding hydrogens is 363 g/mol. The normalized spacial score (nSPS) is 10.5. The number of carbonyl (C=O) groups excluding carboxylic acids is 2. The molecule has 1 aromatic heterocycles. The van der Waals surface area contributed by atoms with E-state index in [1.54, 1.807) is 11.6 Å². The Morgan fingerprint density at radius 3 is 2.57 bits per heavy atom. The predicted octanol–water partition coefficient (Wildman–Crippen LogP) is 3.01. The molecule has 0 fully saturated rings. The maximum atomic E-state index is 13.1. The van der Waals surface area contributed by atoms with Gasteiger partial charge in [0.15, 0.2) is 6.61 Å². The lowest BCUT2D eigenvalue weighted by molar-refractivity contribution is -0.119. The third kappa shape index (κ3) is 4.01. The van der Waals surface area contributed by atoms with E-state index in [4.69, 9.17) is 10.5 Å². The molecule has 8 heteroatoms. The summed E-state index contributed by atoms with van der Waals surface area (Å²) in [5.74, 6) is -1.89. The molecule has 0 atom stereocenters. The van der Waals surface area contributed by atoms with Crippen molar-refractivity contribution in [3.8, 4) is 5.69 Å². The summed E-state index contributed by atoms with van der Waals surface area (Å²) in [5, 5.41) is 7.15. The Labute approximate surface area is 160 Å². The van der Waals surface area contributed by atoms with Crippen LogP contribution in [0.2, 0.25) is 0 Å². The van der Waals surface area contributed by atoms with Crippen LogP contribution >= 0.6 is 0 Å². The topological polar surface area (TPSA) is 99.2 Å². The number of halogens is 1. The third-order valence-corrected chi connectivity index (χ3v) is 4.12. The molecule has 0 bridgehead atoms. The van der Waals surface area contributed by atoms with Crippen LogP contribution in [-0.4, -0.2) is 28.3 Å². The highest BCUT2D eigenvalue weighted by molar-refractivity contribution is 5.98. The highest BCUT2D eigenvalue weighted by Crippen LogP contribution is 2.22. The van der Waals surface area contributed by atoms with Gasteiger partial charge in [0.1, 0.15) is 5.82 Å². The fraction of sp³-hybridized carbons (Fsp3) is 0.150. The van der Waals surface area contributed by atoms with Crippen molar-refractivity contribution in [2.75, 3.05) is 17.7 Å². The van der Waals surface area contributed by atoms with Crippen LogP contribution in [0.4, 0.5) is 15.8 Å². The lowest BCUT2D eigenvalue weighted by Gasteiger charge is -2.09. The molecule has 0 spiro atoms. The smallest absolute Gasteiger partial charge is 0.340 e. The number of nitrogens with one attached hydrogen (secondary N) is 1. The van der Waals surface area contributed by atoms with Crippen molar-refractivity contribution < 1.29 is 18.7 Å². The van der Waals surface area contributed by atoms with Crippen molar-refractivity contribution in [3.05, 3.63) is 71.3 Å². The van der Waals surface area contributed by atoms with Gasteiger partial charge in [0.2, 0.25) is 0 Å². The van der Waals surface area contributed by atoms with E-state index < -0.39 is 24.3 Å². The standard InChI is InChI=1S/C20H19FN4O3/c1-12-19(13(2)25(24-12)15-6-4-3-5-7-15)23-18(26)11-28-20(27)16-9-8-14(21)10-17(16)22/h3-10H,11,22H2,1-2H3,(H,23,26). The lowest BCUT2D eigenvalue weighted by Crippen LogP contribution is -2.22. The molecule has 0 saturated heterocycles. The Morgan fingerprint density at radius 1 is 1.18 bits per heavy atom. The number of anilines is 2. The molecule has 7 nitrogen and oxygen atoms in total. The van der Waals surface area contributed by atoms with Gasteiger partial charge in [0, 0.05) is 5.69 Å². The zero-order valence-corrected chi connectivity index (χ0v) is 15.4. The fourth-order valence-electron chi connectivity index (χ4n) is 2.75. The first-order chi connectivity index (χ1) is 13.4. The summed E-state index contributed by atoms with van der Waals surface area (Å²) in [6, 6.07) is 12.8. The van der Waals surface area contributed by atoms with Gasteiger partial charge in [-0.15, -0.1) is 0 Å². The van der Waals surface area contributed by atoms with Crippen LogP contribution in [-0.2, 0) is 9.53 Å². The first-order valence-corrected chi connectivity index (χ1v) is 8.50. The minimum Gasteiger partial charge on any atom is -0.452 e. The lowest BCUT2D eigenvalue weighted by atomic mass is 10.2. The molecule has 144 valence electrons. The quantitative estimate of drug-likeness (QED) is 0.522. The SMILES string of the molecule is Cc1nn(-c2ccccc2)c(C)c1NC(=O)COC(=O)c1ccc(F)cc1N. The number of benzene rings is 2. The molecule has 28 heavy (non-hydrogen) atoms. The van der Waals surface area contributed by atoms with Crippen molar-refractivity contribution in [3.63, 3.8) is 0 Å². The van der Waals surface area contributed by atoms with Crippen LogP contribution in [0, 0.1) is 19.7 Å². The molecule has 1 heterocycles. The Morgan fingerprint density at radius 2 is 1.89 bits per heavy atom. The van der Waals surface area contributed by atoms with E-state index in [0.29, 0.717) is 11.4 Å². The first-order valence-electron chi connectivity index (χ1n) is 8.50. The second-order valence-corrected chi connectivity index (χ2v) is 6.15. The zero-order chi connectivity index (χ0) is 20.3. The number of esters is 1. The number of ether oxygens (including phenoxy) is 1. The van der Waals surface area contributed by atoms with Crippen molar-refractivity contribution in [2.45, 2.75) is 13.8 Å². The highest BCUT2D eigenvalue weighted by Gasteiger charge is 2.17. The number of nitrogens with zero attached hydrogens (tertiary/aromatic N) is 2. The van der Waals surface area contributed by atoms with Gasteiger partial charge in [0.25, 0.3) is 5.91 Å². The monoisotopic (exact) mass is 382 g/mol. The summed E-state index contributed by atoms with van der Waals surface area (Å²) in [4.78, 5) is 24.3. The minimum atomic E-state index is -0.805. The number of rotatable bonds is 5. The molecule has 1 amide bonds. The number of nitrogen functional groups attached to an aromatic ring is 1. The van der Waals surface area contributed by atoms with Gasteiger partial charge in [-0.3, -0.25) is 4.79 Å². The van der Waals surface area contributed by atoms with E-state index in [1.807, 2.05) is 37.3 Å². The van der Waals surface area contributed by atoms with Crippen molar-refractivity contribution in [1.82, 2.24) is 9.78 Å². The summed E-state index contributed by atoms with van der Waals surface area (Å²) in [6.45, 7) is 3.09. The maximum Gasteiger partial charge on any atom is 0.340 e. The summed E-state index contributed by atoms with van der Waals surface area (Å²) in [7, 11) is 0. The maximum absolute atomic E-state index is 13.1. The number of carbonyl (C=O) groups is 2. The van der Waals surface area contributed by atoms with Gasteiger partial charge < -0.3 is 15.8 Å². The predicted molar refractivity (Wildman–Crippen MR) is 103 cm³/mol. The summed E-state index contributed by atoms with van der Waals surface area (Å²) in [5.41, 5.74) is 8.32. The average molecular weight is 382 g/mol. The second kappa shape index (κ2) is 7.91. The van der Waals surface area contributed by atoms with E-state index in [9.17, 15) is 14.0 Å². The van der Waals surface area contributed by atoms with Gasteiger partial charge in [-0.25, -0.2) is 13.9 Å². The molecule has 0 unspecified atom stereocenters. The molecule has 3 rings (SSSR count). The van der Waals surface area contributed by atoms with Crippen LogP contribution in [0.3, 0.4) is 0 Å². The van der Waals surface area contributed by atoms with E-state index in [2.05, 4.69) is 10.4 Å². The molecule has 3 aromatic rings. The Kier molecular flexibility index (Phi) is 5.39. The average Bonchev–Trinajstić information content (AvgIpc) is 2.95. The van der Waals surface area contributed by atoms with Crippen LogP contribution in [0.15, 0.2) is 48.5 Å². The number of para-hydroxylation sites is 1. The number of aromatic nitrogens is 2. The number of hydrogen-bond acceptors (Lipinski definition) is 5. The first kappa shape index (κ1) is 19.1. The molecule has 2 aromatic carbocycles. The van der Waals surface area contributed by atoms with E-state index in [0.717, 1.165) is 23.5 Å². The van der Waals surface area contributed by atoms with Gasteiger partial charge >= 0.3 is 5.97 Å². The van der Waals surface area contributed by atoms with Gasteiger partial charge in [-0.1, -0.05) is 18.2 Å². The largest absolute Gasteiger partial charge is 0.452 e. The van der Waals surface area contributed by atoms with Crippen LogP contribution in [0.5, 0.6) is 0 Å². The van der Waals surface area contributed by atoms with E-state index in [1.165, 1.54) is 6.07 Å². The highest BCUT2D eigenvalue weighted by atomic mass is 19.1. The molecule has 0 saturated carbocycles. The van der Waals surface area contributed by atoms with Crippen molar-refractivity contribution in [2.24, 2.45) is 0 Å². The second-order valence-electron chi connectivity index (χ2n) is 6.15. The van der Waals surface area contributed by atoms with Gasteiger partial charge in [-0.05, 0) is 44.2 Å². The van der Waals surface area contributed by atoms with E-state index in [-0.39, 0.29) is 11.3 Å². The number of amides is 1. The molecule has 0 aliphatic heterocycles. The Balaban J connectivity index is 1.67. The third-order valence-electron chi connectivity index (χ3n) is 4.12. The summed E-state index contributed by atoms with van der Waals surface area (Å²) >= 11 is 0. The number of nitrogens with two attached hydrogens (primary N) is 1. The van der Waals surface area contributed by atoms with E-state index >= 15 is 0 Å². The molecule has 0 aliphatic rings. The van der Waals surface area contributed by atoms with Crippen molar-refractivity contribution >= 4 is 23.3 Å². The molecule has 0 aliphatic carbocycles. The minimum absolute atomic E-state index is 0.00143. The molecule has 0 radical (unpaired) electrons. The van der Waals surface area contributed by atoms with Crippen molar-refractivity contribution in [1.29, 1.82) is 0 Å².